The van der Waals surface area contributed by atoms with E-state index in [2.05, 4.69) is 36.2 Å². The lowest BCUT2D eigenvalue weighted by molar-refractivity contribution is 0.999. The lowest BCUT2D eigenvalue weighted by Crippen LogP contribution is -2.04. The molecule has 0 radical (unpaired) electrons. The third-order valence-corrected chi connectivity index (χ3v) is 2.47. The van der Waals surface area contributed by atoms with Crippen LogP contribution in [0, 0.1) is 0 Å². The number of nitrogens with zero attached hydrogens (tertiary/aromatic N) is 3. The molecule has 0 fully saturated rings. The summed E-state index contributed by atoms with van der Waals surface area (Å²) in [7, 11) is 0. The minimum Gasteiger partial charge on any atom is -0.349 e. The zero-order valence-electron chi connectivity index (χ0n) is 8.19. The number of nitrogens with one attached hydrogen (secondary N) is 1. The lowest BCUT2D eigenvalue weighted by Gasteiger charge is -2.03. The highest BCUT2D eigenvalue weighted by atomic mass is 79.9. The van der Waals surface area contributed by atoms with Crippen LogP contribution in [0.1, 0.15) is 5.69 Å². The highest BCUT2D eigenvalue weighted by molar-refractivity contribution is 9.10. The Morgan fingerprint density at radius 3 is 2.50 bits per heavy atom. The van der Waals surface area contributed by atoms with Crippen molar-refractivity contribution in [3.8, 4) is 0 Å². The second-order valence-electron chi connectivity index (χ2n) is 3.05. The van der Waals surface area contributed by atoms with Crippen molar-refractivity contribution in [1.29, 1.82) is 0 Å². The van der Waals surface area contributed by atoms with Crippen molar-refractivity contribution in [2.24, 2.45) is 0 Å². The molecule has 2 rings (SSSR count). The summed E-state index contributed by atoms with van der Waals surface area (Å²) in [5.41, 5.74) is 0.885. The van der Waals surface area contributed by atoms with Gasteiger partial charge in [-0.2, -0.15) is 0 Å². The first-order chi connectivity index (χ1) is 7.74. The predicted octanol–water partition coefficient (Wildman–Crippen LogP) is 2.90. The number of halogens is 2. The van der Waals surface area contributed by atoms with E-state index in [9.17, 15) is 0 Å². The first-order valence-corrected chi connectivity index (χ1v) is 5.73. The van der Waals surface area contributed by atoms with Crippen molar-refractivity contribution < 1.29 is 0 Å². The Balaban J connectivity index is 1.97. The molecule has 0 amide bonds. The van der Waals surface area contributed by atoms with E-state index < -0.39 is 0 Å². The van der Waals surface area contributed by atoms with Crippen molar-refractivity contribution in [3.63, 3.8) is 0 Å². The molecule has 0 saturated carbocycles. The SMILES string of the molecule is Clc1ccc(CNc2ncc(Br)cn2)nc1. The fourth-order valence-electron chi connectivity index (χ4n) is 1.08. The van der Waals surface area contributed by atoms with Crippen LogP contribution in [-0.4, -0.2) is 15.0 Å². The summed E-state index contributed by atoms with van der Waals surface area (Å²) in [6.07, 6.45) is 4.98. The number of rotatable bonds is 3. The quantitative estimate of drug-likeness (QED) is 0.947. The topological polar surface area (TPSA) is 50.7 Å². The molecule has 2 aromatic rings. The Morgan fingerprint density at radius 1 is 1.12 bits per heavy atom. The Labute approximate surface area is 106 Å². The van der Waals surface area contributed by atoms with E-state index in [1.807, 2.05) is 6.07 Å². The smallest absolute Gasteiger partial charge is 0.222 e. The molecule has 0 aliphatic heterocycles. The summed E-state index contributed by atoms with van der Waals surface area (Å²) in [5, 5.41) is 3.69. The molecule has 0 aromatic carbocycles. The summed E-state index contributed by atoms with van der Waals surface area (Å²) < 4.78 is 0.850. The molecule has 0 spiro atoms. The zero-order valence-corrected chi connectivity index (χ0v) is 10.5. The maximum atomic E-state index is 5.73. The zero-order chi connectivity index (χ0) is 11.4. The first-order valence-electron chi connectivity index (χ1n) is 4.56. The van der Waals surface area contributed by atoms with E-state index in [-0.39, 0.29) is 0 Å². The predicted molar refractivity (Wildman–Crippen MR) is 66.3 cm³/mol. The summed E-state index contributed by atoms with van der Waals surface area (Å²) in [4.78, 5) is 12.3. The second kappa shape index (κ2) is 5.23. The molecule has 16 heavy (non-hydrogen) atoms. The van der Waals surface area contributed by atoms with Gasteiger partial charge in [0.25, 0.3) is 0 Å². The Hall–Kier alpha value is -1.20. The Bertz CT molecular complexity index is 412. The van der Waals surface area contributed by atoms with Gasteiger partial charge >= 0.3 is 0 Å². The first kappa shape index (κ1) is 11.3. The molecule has 0 aliphatic rings. The van der Waals surface area contributed by atoms with Crippen molar-refractivity contribution in [3.05, 3.63) is 45.9 Å². The number of hydrogen-bond acceptors (Lipinski definition) is 4. The third kappa shape index (κ3) is 3.15. The fraction of sp³-hybridized carbons (Fsp3) is 0.100. The molecule has 0 unspecified atom stereocenters. The summed E-state index contributed by atoms with van der Waals surface area (Å²) >= 11 is 9.00. The van der Waals surface area contributed by atoms with E-state index in [0.29, 0.717) is 17.5 Å². The molecule has 4 nitrogen and oxygen atoms in total. The molecular formula is C10H8BrClN4. The number of hydrogen-bond donors (Lipinski definition) is 1. The average Bonchev–Trinajstić information content (AvgIpc) is 2.30. The van der Waals surface area contributed by atoms with Gasteiger partial charge in [-0.05, 0) is 28.1 Å². The molecule has 6 heteroatoms. The van der Waals surface area contributed by atoms with Gasteiger partial charge in [0.2, 0.25) is 5.95 Å². The third-order valence-electron chi connectivity index (χ3n) is 1.84. The molecule has 0 aliphatic carbocycles. The van der Waals surface area contributed by atoms with Crippen LogP contribution >= 0.6 is 27.5 Å². The molecular weight excluding hydrogens is 291 g/mol. The Kier molecular flexibility index (Phi) is 3.69. The van der Waals surface area contributed by atoms with Gasteiger partial charge in [0.15, 0.2) is 0 Å². The molecule has 0 atom stereocenters. The van der Waals surface area contributed by atoms with Crippen LogP contribution in [0.15, 0.2) is 35.2 Å². The van der Waals surface area contributed by atoms with Crippen LogP contribution in [0.5, 0.6) is 0 Å². The standard InChI is InChI=1S/C10H8BrClN4/c11-7-3-14-10(15-4-7)16-6-9-2-1-8(12)5-13-9/h1-5H,6H2,(H,14,15,16). The molecule has 0 bridgehead atoms. The minimum absolute atomic E-state index is 0.568. The lowest BCUT2D eigenvalue weighted by atomic mass is 10.3. The number of anilines is 1. The van der Waals surface area contributed by atoms with Gasteiger partial charge < -0.3 is 5.32 Å². The van der Waals surface area contributed by atoms with E-state index in [1.165, 1.54) is 0 Å². The fourth-order valence-corrected chi connectivity index (χ4v) is 1.40. The van der Waals surface area contributed by atoms with E-state index in [1.54, 1.807) is 24.7 Å². The monoisotopic (exact) mass is 298 g/mol. The average molecular weight is 300 g/mol. The summed E-state index contributed by atoms with van der Waals surface area (Å²) in [5.74, 6) is 0.569. The van der Waals surface area contributed by atoms with E-state index in [4.69, 9.17) is 11.6 Å². The van der Waals surface area contributed by atoms with Gasteiger partial charge in [0.05, 0.1) is 21.7 Å². The molecule has 2 heterocycles. The van der Waals surface area contributed by atoms with Crippen LogP contribution in [0.25, 0.3) is 0 Å². The molecule has 2 aromatic heterocycles. The molecule has 0 saturated heterocycles. The maximum absolute atomic E-state index is 5.73. The summed E-state index contributed by atoms with van der Waals surface area (Å²) in [6, 6.07) is 3.65. The maximum Gasteiger partial charge on any atom is 0.222 e. The van der Waals surface area contributed by atoms with Crippen LogP contribution in [0.2, 0.25) is 5.02 Å². The van der Waals surface area contributed by atoms with Gasteiger partial charge in [-0.3, -0.25) is 4.98 Å². The second-order valence-corrected chi connectivity index (χ2v) is 4.40. The van der Waals surface area contributed by atoms with Gasteiger partial charge in [-0.15, -0.1) is 0 Å². The highest BCUT2D eigenvalue weighted by Gasteiger charge is 1.97. The van der Waals surface area contributed by atoms with Gasteiger partial charge in [0.1, 0.15) is 0 Å². The Morgan fingerprint density at radius 2 is 1.88 bits per heavy atom. The van der Waals surface area contributed by atoms with Crippen molar-refractivity contribution in [1.82, 2.24) is 15.0 Å². The molecule has 1 N–H and O–H groups in total. The highest BCUT2D eigenvalue weighted by Crippen LogP contribution is 2.09. The molecule has 82 valence electrons. The van der Waals surface area contributed by atoms with Crippen molar-refractivity contribution in [2.45, 2.75) is 6.54 Å². The summed E-state index contributed by atoms with van der Waals surface area (Å²) in [6.45, 7) is 0.568. The van der Waals surface area contributed by atoms with Crippen LogP contribution in [0.4, 0.5) is 5.95 Å². The van der Waals surface area contributed by atoms with Crippen LogP contribution < -0.4 is 5.32 Å². The minimum atomic E-state index is 0.568. The van der Waals surface area contributed by atoms with Crippen molar-refractivity contribution in [2.75, 3.05) is 5.32 Å². The van der Waals surface area contributed by atoms with E-state index >= 15 is 0 Å². The van der Waals surface area contributed by atoms with Gasteiger partial charge in [-0.1, -0.05) is 11.6 Å². The van der Waals surface area contributed by atoms with E-state index in [0.717, 1.165) is 10.2 Å². The van der Waals surface area contributed by atoms with Crippen LogP contribution in [-0.2, 0) is 6.54 Å². The largest absolute Gasteiger partial charge is 0.349 e. The van der Waals surface area contributed by atoms with Gasteiger partial charge in [0, 0.05) is 18.6 Å². The van der Waals surface area contributed by atoms with Crippen LogP contribution in [0.3, 0.4) is 0 Å². The number of aromatic nitrogens is 3. The normalized spacial score (nSPS) is 10.1. The van der Waals surface area contributed by atoms with Crippen molar-refractivity contribution >= 4 is 33.5 Å². The van der Waals surface area contributed by atoms with Gasteiger partial charge in [-0.25, -0.2) is 9.97 Å². The number of pyridine rings is 1.